The zero-order valence-electron chi connectivity index (χ0n) is 11.0. The second-order valence-corrected chi connectivity index (χ2v) is 5.26. The van der Waals surface area contributed by atoms with Crippen LogP contribution in [0.4, 0.5) is 5.82 Å². The lowest BCUT2D eigenvalue weighted by Gasteiger charge is -2.24. The summed E-state index contributed by atoms with van der Waals surface area (Å²) in [5.41, 5.74) is 2.04. The fraction of sp³-hybridized carbons (Fsp3) is 0.643. The van der Waals surface area contributed by atoms with Gasteiger partial charge in [-0.15, -0.1) is 0 Å². The fourth-order valence-electron chi connectivity index (χ4n) is 2.40. The van der Waals surface area contributed by atoms with Crippen LogP contribution < -0.4 is 4.90 Å². The predicted molar refractivity (Wildman–Crippen MR) is 70.3 cm³/mol. The van der Waals surface area contributed by atoms with Gasteiger partial charge in [0.25, 0.3) is 0 Å². The number of hydrogen-bond acceptors (Lipinski definition) is 3. The summed E-state index contributed by atoms with van der Waals surface area (Å²) < 4.78 is 0. The molecule has 17 heavy (non-hydrogen) atoms. The number of aliphatic hydroxyl groups excluding tert-OH is 1. The summed E-state index contributed by atoms with van der Waals surface area (Å²) in [6.45, 7) is 7.70. The molecule has 1 fully saturated rings. The Kier molecular flexibility index (Phi) is 3.67. The van der Waals surface area contributed by atoms with Crippen molar-refractivity contribution in [3.63, 3.8) is 0 Å². The third kappa shape index (κ3) is 2.60. The van der Waals surface area contributed by atoms with E-state index in [0.29, 0.717) is 12.0 Å². The summed E-state index contributed by atoms with van der Waals surface area (Å²) in [5.74, 6) is 1.43. The van der Waals surface area contributed by atoms with Crippen molar-refractivity contribution < 1.29 is 5.11 Å². The predicted octanol–water partition coefficient (Wildman–Crippen LogP) is 2.69. The van der Waals surface area contributed by atoms with Gasteiger partial charge in [0, 0.05) is 18.3 Å². The largest absolute Gasteiger partial charge is 0.392 e. The van der Waals surface area contributed by atoms with Gasteiger partial charge in [-0.25, -0.2) is 4.98 Å². The van der Waals surface area contributed by atoms with Crippen molar-refractivity contribution >= 4 is 5.82 Å². The van der Waals surface area contributed by atoms with Crippen LogP contribution in [0.15, 0.2) is 12.1 Å². The molecule has 1 aromatic rings. The van der Waals surface area contributed by atoms with Crippen molar-refractivity contribution in [3.8, 4) is 0 Å². The molecule has 1 aliphatic heterocycles. The van der Waals surface area contributed by atoms with Gasteiger partial charge >= 0.3 is 0 Å². The monoisotopic (exact) mass is 234 g/mol. The van der Waals surface area contributed by atoms with E-state index in [-0.39, 0.29) is 6.61 Å². The van der Waals surface area contributed by atoms with Gasteiger partial charge in [-0.05, 0) is 43.4 Å². The highest BCUT2D eigenvalue weighted by Crippen LogP contribution is 2.26. The van der Waals surface area contributed by atoms with Gasteiger partial charge in [-0.1, -0.05) is 13.8 Å². The SMILES string of the molecule is CC(C)c1cc(CO)cc(N2CCCC2C)n1. The molecule has 2 heterocycles. The number of pyridine rings is 1. The van der Waals surface area contributed by atoms with Crippen LogP contribution in [0.25, 0.3) is 0 Å². The maximum Gasteiger partial charge on any atom is 0.129 e. The quantitative estimate of drug-likeness (QED) is 0.873. The van der Waals surface area contributed by atoms with Gasteiger partial charge in [-0.2, -0.15) is 0 Å². The summed E-state index contributed by atoms with van der Waals surface area (Å²) in [7, 11) is 0. The molecule has 1 saturated heterocycles. The van der Waals surface area contributed by atoms with Crippen LogP contribution in [0.2, 0.25) is 0 Å². The molecule has 1 unspecified atom stereocenters. The van der Waals surface area contributed by atoms with Crippen molar-refractivity contribution in [2.75, 3.05) is 11.4 Å². The zero-order valence-corrected chi connectivity index (χ0v) is 11.0. The number of rotatable bonds is 3. The van der Waals surface area contributed by atoms with E-state index in [1.807, 2.05) is 12.1 Å². The van der Waals surface area contributed by atoms with Gasteiger partial charge in [0.2, 0.25) is 0 Å². The van der Waals surface area contributed by atoms with E-state index in [4.69, 9.17) is 4.98 Å². The molecule has 0 aromatic carbocycles. The average Bonchev–Trinajstić information content (AvgIpc) is 2.74. The van der Waals surface area contributed by atoms with Crippen molar-refractivity contribution in [2.45, 2.75) is 52.2 Å². The lowest BCUT2D eigenvalue weighted by Crippen LogP contribution is -2.27. The molecule has 2 rings (SSSR count). The molecule has 0 spiro atoms. The van der Waals surface area contributed by atoms with E-state index >= 15 is 0 Å². The lowest BCUT2D eigenvalue weighted by atomic mass is 10.1. The molecule has 0 saturated carbocycles. The zero-order chi connectivity index (χ0) is 12.4. The molecule has 3 nitrogen and oxygen atoms in total. The first-order chi connectivity index (χ1) is 8.11. The first-order valence-electron chi connectivity index (χ1n) is 6.50. The minimum absolute atomic E-state index is 0.0947. The van der Waals surface area contributed by atoms with Crippen molar-refractivity contribution in [3.05, 3.63) is 23.4 Å². The summed E-state index contributed by atoms with van der Waals surface area (Å²) in [6, 6.07) is 4.60. The Bertz CT molecular complexity index is 390. The standard InChI is InChI=1S/C14H22N2O/c1-10(2)13-7-12(9-17)8-14(15-13)16-6-4-5-11(16)3/h7-8,10-11,17H,4-6,9H2,1-3H3. The van der Waals surface area contributed by atoms with Gasteiger partial charge in [-0.3, -0.25) is 0 Å². The second kappa shape index (κ2) is 5.05. The number of anilines is 1. The van der Waals surface area contributed by atoms with E-state index in [9.17, 15) is 5.11 Å². The topological polar surface area (TPSA) is 36.4 Å². The van der Waals surface area contributed by atoms with Crippen LogP contribution >= 0.6 is 0 Å². The number of hydrogen-bond donors (Lipinski definition) is 1. The Morgan fingerprint density at radius 3 is 2.76 bits per heavy atom. The van der Waals surface area contributed by atoms with E-state index < -0.39 is 0 Å². The second-order valence-electron chi connectivity index (χ2n) is 5.26. The Morgan fingerprint density at radius 1 is 1.47 bits per heavy atom. The minimum Gasteiger partial charge on any atom is -0.392 e. The first kappa shape index (κ1) is 12.4. The van der Waals surface area contributed by atoms with Crippen LogP contribution in [-0.4, -0.2) is 22.7 Å². The maximum absolute atomic E-state index is 9.33. The van der Waals surface area contributed by atoms with Crippen molar-refractivity contribution in [1.82, 2.24) is 4.98 Å². The van der Waals surface area contributed by atoms with E-state index in [1.165, 1.54) is 12.8 Å². The Labute approximate surface area is 103 Å². The maximum atomic E-state index is 9.33. The van der Waals surface area contributed by atoms with Crippen LogP contribution in [0.3, 0.4) is 0 Å². The van der Waals surface area contributed by atoms with Gasteiger partial charge in [0.05, 0.1) is 6.61 Å². The van der Waals surface area contributed by atoms with Gasteiger partial charge < -0.3 is 10.0 Å². The average molecular weight is 234 g/mol. The van der Waals surface area contributed by atoms with Crippen LogP contribution in [-0.2, 0) is 6.61 Å². The lowest BCUT2D eigenvalue weighted by molar-refractivity contribution is 0.281. The van der Waals surface area contributed by atoms with Crippen LogP contribution in [0, 0.1) is 0 Å². The molecule has 0 bridgehead atoms. The molecular weight excluding hydrogens is 212 g/mol. The van der Waals surface area contributed by atoms with Gasteiger partial charge in [0.15, 0.2) is 0 Å². The highest BCUT2D eigenvalue weighted by molar-refractivity contribution is 5.45. The van der Waals surface area contributed by atoms with Gasteiger partial charge in [0.1, 0.15) is 5.82 Å². The molecule has 1 N–H and O–H groups in total. The van der Waals surface area contributed by atoms with Crippen molar-refractivity contribution in [1.29, 1.82) is 0 Å². The minimum atomic E-state index is 0.0947. The molecule has 1 aliphatic rings. The van der Waals surface area contributed by atoms with Crippen molar-refractivity contribution in [2.24, 2.45) is 0 Å². The molecule has 0 amide bonds. The Hall–Kier alpha value is -1.09. The van der Waals surface area contributed by atoms with Crippen LogP contribution in [0.5, 0.6) is 0 Å². The fourth-order valence-corrected chi connectivity index (χ4v) is 2.40. The smallest absolute Gasteiger partial charge is 0.129 e. The number of aromatic nitrogens is 1. The third-order valence-corrected chi connectivity index (χ3v) is 3.51. The molecule has 0 aliphatic carbocycles. The molecular formula is C14H22N2O. The molecule has 94 valence electrons. The van der Waals surface area contributed by atoms with E-state index in [0.717, 1.165) is 23.6 Å². The highest BCUT2D eigenvalue weighted by Gasteiger charge is 2.22. The summed E-state index contributed by atoms with van der Waals surface area (Å²) in [4.78, 5) is 7.08. The summed E-state index contributed by atoms with van der Waals surface area (Å²) in [6.07, 6.45) is 2.48. The summed E-state index contributed by atoms with van der Waals surface area (Å²) in [5, 5.41) is 9.33. The van der Waals surface area contributed by atoms with Crippen LogP contribution in [0.1, 0.15) is 50.8 Å². The number of aliphatic hydroxyl groups is 1. The summed E-state index contributed by atoms with van der Waals surface area (Å²) >= 11 is 0. The first-order valence-corrected chi connectivity index (χ1v) is 6.50. The molecule has 1 atom stereocenters. The Balaban J connectivity index is 2.35. The third-order valence-electron chi connectivity index (χ3n) is 3.51. The molecule has 3 heteroatoms. The van der Waals surface area contributed by atoms with E-state index in [2.05, 4.69) is 25.7 Å². The van der Waals surface area contributed by atoms with E-state index in [1.54, 1.807) is 0 Å². The number of nitrogens with zero attached hydrogens (tertiary/aromatic N) is 2. The normalized spacial score (nSPS) is 20.3. The highest BCUT2D eigenvalue weighted by atomic mass is 16.3. The Morgan fingerprint density at radius 2 is 2.24 bits per heavy atom. The molecule has 0 radical (unpaired) electrons. The molecule has 1 aromatic heterocycles.